The lowest BCUT2D eigenvalue weighted by Crippen LogP contribution is -2.26. The summed E-state index contributed by atoms with van der Waals surface area (Å²) in [6.07, 6.45) is 3.21. The van der Waals surface area contributed by atoms with Crippen molar-refractivity contribution in [1.82, 2.24) is 14.9 Å². The first-order valence-electron chi connectivity index (χ1n) is 6.21. The summed E-state index contributed by atoms with van der Waals surface area (Å²) in [6, 6.07) is 4.03. The number of hydrogen-bond acceptors (Lipinski definition) is 5. The highest BCUT2D eigenvalue weighted by Gasteiger charge is 2.20. The summed E-state index contributed by atoms with van der Waals surface area (Å²) in [4.78, 5) is 0.107. The highest BCUT2D eigenvalue weighted by molar-refractivity contribution is 7.89. The molecule has 7 nitrogen and oxygen atoms in total. The molecule has 21 heavy (non-hydrogen) atoms. The summed E-state index contributed by atoms with van der Waals surface area (Å²) in [5.41, 5.74) is 0.749. The van der Waals surface area contributed by atoms with Crippen molar-refractivity contribution in [2.45, 2.75) is 17.9 Å². The molecule has 0 aliphatic heterocycles. The lowest BCUT2D eigenvalue weighted by atomic mass is 10.2. The van der Waals surface area contributed by atoms with E-state index in [1.54, 1.807) is 25.4 Å². The molecule has 0 aliphatic rings. The van der Waals surface area contributed by atoms with Gasteiger partial charge in [0.1, 0.15) is 0 Å². The number of benzene rings is 1. The topological polar surface area (TPSA) is 93.3 Å². The Morgan fingerprint density at radius 3 is 2.52 bits per heavy atom. The van der Waals surface area contributed by atoms with E-state index in [9.17, 15) is 8.42 Å². The van der Waals surface area contributed by atoms with Crippen LogP contribution in [0.5, 0.6) is 11.5 Å². The molecule has 2 N–H and O–H groups in total. The molecule has 2 aromatic rings. The fourth-order valence-corrected chi connectivity index (χ4v) is 3.10. The van der Waals surface area contributed by atoms with Gasteiger partial charge in [-0.3, -0.25) is 5.10 Å². The zero-order valence-corrected chi connectivity index (χ0v) is 12.8. The molecular formula is C13H17N3O4S. The fourth-order valence-electron chi connectivity index (χ4n) is 1.85. The monoisotopic (exact) mass is 311 g/mol. The first-order chi connectivity index (χ1) is 9.97. The number of aromatic amines is 1. The minimum atomic E-state index is -3.67. The first kappa shape index (κ1) is 15.3. The van der Waals surface area contributed by atoms with Crippen LogP contribution in [0.4, 0.5) is 0 Å². The second-order valence-corrected chi connectivity index (χ2v) is 6.11. The molecule has 1 heterocycles. The minimum Gasteiger partial charge on any atom is -0.493 e. The Kier molecular flexibility index (Phi) is 4.49. The van der Waals surface area contributed by atoms with E-state index in [4.69, 9.17) is 9.47 Å². The maximum atomic E-state index is 12.4. The van der Waals surface area contributed by atoms with E-state index in [0.29, 0.717) is 11.5 Å². The van der Waals surface area contributed by atoms with Crippen molar-refractivity contribution >= 4 is 10.0 Å². The van der Waals surface area contributed by atoms with Crippen molar-refractivity contribution in [3.05, 3.63) is 36.2 Å². The molecular weight excluding hydrogens is 294 g/mol. The van der Waals surface area contributed by atoms with Crippen LogP contribution in [0.2, 0.25) is 0 Å². The summed E-state index contributed by atoms with van der Waals surface area (Å²) in [7, 11) is -0.725. The third-order valence-corrected chi connectivity index (χ3v) is 4.55. The molecule has 0 aliphatic carbocycles. The molecule has 0 fully saturated rings. The van der Waals surface area contributed by atoms with Gasteiger partial charge in [0.15, 0.2) is 11.5 Å². The second-order valence-electron chi connectivity index (χ2n) is 4.39. The summed E-state index contributed by atoms with van der Waals surface area (Å²) < 4.78 is 37.5. The molecule has 0 radical (unpaired) electrons. The molecule has 2 rings (SSSR count). The lowest BCUT2D eigenvalue weighted by molar-refractivity contribution is 0.354. The van der Waals surface area contributed by atoms with Crippen LogP contribution in [0, 0.1) is 0 Å². The van der Waals surface area contributed by atoms with Crippen LogP contribution in [-0.2, 0) is 10.0 Å². The van der Waals surface area contributed by atoms with Gasteiger partial charge in [0.2, 0.25) is 10.0 Å². The van der Waals surface area contributed by atoms with Gasteiger partial charge in [-0.25, -0.2) is 13.1 Å². The average molecular weight is 311 g/mol. The van der Waals surface area contributed by atoms with E-state index in [1.165, 1.54) is 26.4 Å². The third-order valence-electron chi connectivity index (χ3n) is 3.02. The summed E-state index contributed by atoms with van der Waals surface area (Å²) in [6.45, 7) is 1.74. The molecule has 0 saturated carbocycles. The number of rotatable bonds is 6. The molecule has 114 valence electrons. The van der Waals surface area contributed by atoms with Gasteiger partial charge < -0.3 is 9.47 Å². The number of hydrogen-bond donors (Lipinski definition) is 2. The first-order valence-corrected chi connectivity index (χ1v) is 7.69. The summed E-state index contributed by atoms with van der Waals surface area (Å²) in [5.74, 6) is 0.829. The minimum absolute atomic E-state index is 0.107. The van der Waals surface area contributed by atoms with E-state index in [2.05, 4.69) is 14.9 Å². The smallest absolute Gasteiger partial charge is 0.241 e. The molecule has 8 heteroatoms. The van der Waals surface area contributed by atoms with Crippen molar-refractivity contribution in [1.29, 1.82) is 0 Å². The van der Waals surface area contributed by atoms with Gasteiger partial charge >= 0.3 is 0 Å². The van der Waals surface area contributed by atoms with Crippen LogP contribution in [0.3, 0.4) is 0 Å². The van der Waals surface area contributed by atoms with Crippen LogP contribution in [0.1, 0.15) is 18.5 Å². The molecule has 1 atom stereocenters. The van der Waals surface area contributed by atoms with Gasteiger partial charge in [0.25, 0.3) is 0 Å². The number of methoxy groups -OCH3 is 2. The average Bonchev–Trinajstić information content (AvgIpc) is 3.00. The van der Waals surface area contributed by atoms with Crippen LogP contribution in [0.25, 0.3) is 0 Å². The number of nitrogens with one attached hydrogen (secondary N) is 2. The Labute approximate surface area is 123 Å². The van der Waals surface area contributed by atoms with Crippen molar-refractivity contribution < 1.29 is 17.9 Å². The predicted molar refractivity (Wildman–Crippen MR) is 76.9 cm³/mol. The summed E-state index contributed by atoms with van der Waals surface area (Å²) >= 11 is 0. The SMILES string of the molecule is COc1ccc(S(=O)(=O)NC(C)c2cn[nH]c2)cc1OC. The van der Waals surface area contributed by atoms with Crippen molar-refractivity contribution in [2.24, 2.45) is 0 Å². The zero-order chi connectivity index (χ0) is 15.5. The maximum absolute atomic E-state index is 12.4. The molecule has 0 spiro atoms. The van der Waals surface area contributed by atoms with E-state index >= 15 is 0 Å². The van der Waals surface area contributed by atoms with E-state index < -0.39 is 16.1 Å². The van der Waals surface area contributed by atoms with Crippen molar-refractivity contribution in [2.75, 3.05) is 14.2 Å². The van der Waals surface area contributed by atoms with Gasteiger partial charge in [-0.05, 0) is 19.1 Å². The van der Waals surface area contributed by atoms with Crippen molar-refractivity contribution in [3.8, 4) is 11.5 Å². The van der Waals surface area contributed by atoms with Gasteiger partial charge in [0.05, 0.1) is 25.3 Å². The van der Waals surface area contributed by atoms with Crippen LogP contribution in [0.15, 0.2) is 35.5 Å². The normalized spacial score (nSPS) is 12.9. The number of H-pyrrole nitrogens is 1. The van der Waals surface area contributed by atoms with E-state index in [1.807, 2.05) is 0 Å². The van der Waals surface area contributed by atoms with Gasteiger partial charge in [-0.15, -0.1) is 0 Å². The molecule has 0 bridgehead atoms. The number of nitrogens with zero attached hydrogens (tertiary/aromatic N) is 1. The largest absolute Gasteiger partial charge is 0.493 e. The van der Waals surface area contributed by atoms with Crippen LogP contribution in [-0.4, -0.2) is 32.8 Å². The zero-order valence-electron chi connectivity index (χ0n) is 12.0. The quantitative estimate of drug-likeness (QED) is 0.842. The number of aromatic nitrogens is 2. The molecule has 0 amide bonds. The molecule has 0 saturated heterocycles. The Balaban J connectivity index is 2.27. The highest BCUT2D eigenvalue weighted by atomic mass is 32.2. The maximum Gasteiger partial charge on any atom is 0.241 e. The Morgan fingerprint density at radius 1 is 1.24 bits per heavy atom. The third kappa shape index (κ3) is 3.34. The van der Waals surface area contributed by atoms with Gasteiger partial charge in [-0.1, -0.05) is 0 Å². The Bertz CT molecular complexity index is 698. The van der Waals surface area contributed by atoms with Crippen molar-refractivity contribution in [3.63, 3.8) is 0 Å². The molecule has 1 unspecified atom stereocenters. The van der Waals surface area contributed by atoms with E-state index in [0.717, 1.165) is 5.56 Å². The lowest BCUT2D eigenvalue weighted by Gasteiger charge is -2.14. The predicted octanol–water partition coefficient (Wildman–Crippen LogP) is 1.47. The van der Waals surface area contributed by atoms with Gasteiger partial charge in [-0.2, -0.15) is 5.10 Å². The Hall–Kier alpha value is -2.06. The molecule has 1 aromatic heterocycles. The number of sulfonamides is 1. The highest BCUT2D eigenvalue weighted by Crippen LogP contribution is 2.29. The second kappa shape index (κ2) is 6.15. The van der Waals surface area contributed by atoms with Crippen LogP contribution < -0.4 is 14.2 Å². The number of ether oxygens (including phenoxy) is 2. The summed E-state index contributed by atoms with van der Waals surface area (Å²) in [5, 5.41) is 6.45. The standard InChI is InChI=1S/C13H17N3O4S/c1-9(10-7-14-15-8-10)16-21(17,18)11-4-5-12(19-2)13(6-11)20-3/h4-9,16H,1-3H3,(H,14,15). The molecule has 1 aromatic carbocycles. The van der Waals surface area contributed by atoms with Gasteiger partial charge in [0, 0.05) is 23.9 Å². The fraction of sp³-hybridized carbons (Fsp3) is 0.308. The Morgan fingerprint density at radius 2 is 1.95 bits per heavy atom. The van der Waals surface area contributed by atoms with E-state index in [-0.39, 0.29) is 4.90 Å². The van der Waals surface area contributed by atoms with Crippen LogP contribution >= 0.6 is 0 Å².